The van der Waals surface area contributed by atoms with E-state index in [9.17, 15) is 14.7 Å². The third kappa shape index (κ3) is 5.48. The van der Waals surface area contributed by atoms with Gasteiger partial charge in [-0.3, -0.25) is 9.59 Å². The fourth-order valence-electron chi connectivity index (χ4n) is 2.85. The summed E-state index contributed by atoms with van der Waals surface area (Å²) < 4.78 is 7.17. The number of fused-ring (bicyclic) bond motifs is 11. The highest BCUT2D eigenvalue weighted by molar-refractivity contribution is 9.11. The normalized spacial score (nSPS) is 15.8. The van der Waals surface area contributed by atoms with Crippen molar-refractivity contribution in [2.45, 2.75) is 25.7 Å². The van der Waals surface area contributed by atoms with Gasteiger partial charge in [0, 0.05) is 25.9 Å². The molecule has 2 amide bonds. The van der Waals surface area contributed by atoms with Crippen molar-refractivity contribution in [3.8, 4) is 17.2 Å². The van der Waals surface area contributed by atoms with Crippen molar-refractivity contribution in [1.82, 2.24) is 10.6 Å². The van der Waals surface area contributed by atoms with Crippen molar-refractivity contribution in [2.24, 2.45) is 0 Å². The van der Waals surface area contributed by atoms with Crippen LogP contribution in [0.5, 0.6) is 17.2 Å². The SMILES string of the molecule is O=C1CCNC(=O)CCc2ccc(c(Br)c2)Oc2cc(cc(Br)c2O)CCN1. The molecule has 0 radical (unpaired) electrons. The summed E-state index contributed by atoms with van der Waals surface area (Å²) in [5.74, 6) is 0.686. The zero-order valence-electron chi connectivity index (χ0n) is 15.1. The number of aromatic hydroxyl groups is 1. The summed E-state index contributed by atoms with van der Waals surface area (Å²) >= 11 is 6.85. The molecular weight excluding hydrogens is 492 g/mol. The minimum atomic E-state index is -0.116. The molecule has 0 spiro atoms. The van der Waals surface area contributed by atoms with Crippen LogP contribution in [0.1, 0.15) is 24.0 Å². The van der Waals surface area contributed by atoms with Gasteiger partial charge >= 0.3 is 0 Å². The van der Waals surface area contributed by atoms with Gasteiger partial charge in [-0.05, 0) is 80.1 Å². The summed E-state index contributed by atoms with van der Waals surface area (Å²) in [5.41, 5.74) is 1.88. The Kier molecular flexibility index (Phi) is 6.96. The van der Waals surface area contributed by atoms with Crippen molar-refractivity contribution in [1.29, 1.82) is 0 Å². The molecule has 2 aliphatic heterocycles. The second-order valence-electron chi connectivity index (χ2n) is 6.49. The molecule has 0 saturated carbocycles. The van der Waals surface area contributed by atoms with Crippen LogP contribution in [0.3, 0.4) is 0 Å². The van der Waals surface area contributed by atoms with Crippen LogP contribution in [0.15, 0.2) is 39.3 Å². The smallest absolute Gasteiger partial charge is 0.221 e. The molecule has 0 saturated heterocycles. The van der Waals surface area contributed by atoms with Crippen LogP contribution in [-0.4, -0.2) is 30.0 Å². The minimum absolute atomic E-state index is 0.00911. The number of phenols is 1. The van der Waals surface area contributed by atoms with Crippen LogP contribution < -0.4 is 15.4 Å². The lowest BCUT2D eigenvalue weighted by Crippen LogP contribution is -2.31. The van der Waals surface area contributed by atoms with Crippen molar-refractivity contribution in [2.75, 3.05) is 13.1 Å². The van der Waals surface area contributed by atoms with Crippen LogP contribution >= 0.6 is 31.9 Å². The average Bonchev–Trinajstić information content (AvgIpc) is 2.65. The van der Waals surface area contributed by atoms with Gasteiger partial charge in [0.25, 0.3) is 0 Å². The Balaban J connectivity index is 1.89. The lowest BCUT2D eigenvalue weighted by atomic mass is 10.1. The molecule has 8 heteroatoms. The average molecular weight is 512 g/mol. The van der Waals surface area contributed by atoms with Gasteiger partial charge in [0.1, 0.15) is 5.75 Å². The summed E-state index contributed by atoms with van der Waals surface area (Å²) in [6, 6.07) is 9.15. The highest BCUT2D eigenvalue weighted by atomic mass is 79.9. The Morgan fingerprint density at radius 2 is 1.46 bits per heavy atom. The molecule has 2 aliphatic rings. The summed E-state index contributed by atoms with van der Waals surface area (Å²) in [4.78, 5) is 23.8. The highest BCUT2D eigenvalue weighted by Crippen LogP contribution is 2.40. The topological polar surface area (TPSA) is 87.7 Å². The van der Waals surface area contributed by atoms with Gasteiger partial charge in [-0.2, -0.15) is 0 Å². The number of phenolic OH excluding ortho intramolecular Hbond substituents is 1. The molecule has 0 fully saturated rings. The van der Waals surface area contributed by atoms with Crippen LogP contribution in [0, 0.1) is 0 Å². The zero-order valence-corrected chi connectivity index (χ0v) is 18.2. The van der Waals surface area contributed by atoms with E-state index in [-0.39, 0.29) is 24.0 Å². The molecule has 6 nitrogen and oxygen atoms in total. The molecule has 148 valence electrons. The number of nitrogens with one attached hydrogen (secondary N) is 2. The number of aryl methyl sites for hydroxylation is 1. The van der Waals surface area contributed by atoms with Gasteiger partial charge in [-0.1, -0.05) is 6.07 Å². The third-order valence-corrected chi connectivity index (χ3v) is 5.58. The zero-order chi connectivity index (χ0) is 20.1. The van der Waals surface area contributed by atoms with Crippen molar-refractivity contribution < 1.29 is 19.4 Å². The summed E-state index contributed by atoms with van der Waals surface area (Å²) in [7, 11) is 0. The first kappa shape index (κ1) is 20.7. The van der Waals surface area contributed by atoms with E-state index in [1.54, 1.807) is 18.2 Å². The van der Waals surface area contributed by atoms with E-state index in [2.05, 4.69) is 42.5 Å². The first-order valence-corrected chi connectivity index (χ1v) is 10.5. The molecule has 2 heterocycles. The maximum absolute atomic E-state index is 11.9. The third-order valence-electron chi connectivity index (χ3n) is 4.36. The van der Waals surface area contributed by atoms with E-state index in [1.165, 1.54) is 0 Å². The van der Waals surface area contributed by atoms with Crippen LogP contribution in [0.25, 0.3) is 0 Å². The van der Waals surface area contributed by atoms with Gasteiger partial charge in [-0.15, -0.1) is 0 Å². The van der Waals surface area contributed by atoms with Gasteiger partial charge in [0.2, 0.25) is 11.8 Å². The predicted molar refractivity (Wildman–Crippen MR) is 113 cm³/mol. The number of ether oxygens (including phenoxy) is 1. The molecule has 2 aromatic carbocycles. The number of rotatable bonds is 0. The van der Waals surface area contributed by atoms with Gasteiger partial charge in [-0.25, -0.2) is 0 Å². The Morgan fingerprint density at radius 3 is 2.21 bits per heavy atom. The molecule has 0 aromatic heterocycles. The molecular formula is C20H20Br2N2O4. The largest absolute Gasteiger partial charge is 0.503 e. The number of carbonyl (C=O) groups excluding carboxylic acids is 2. The minimum Gasteiger partial charge on any atom is -0.503 e. The lowest BCUT2D eigenvalue weighted by Gasteiger charge is -2.14. The summed E-state index contributed by atoms with van der Waals surface area (Å²) in [6.45, 7) is 0.762. The van der Waals surface area contributed by atoms with E-state index in [4.69, 9.17) is 4.74 Å². The van der Waals surface area contributed by atoms with E-state index >= 15 is 0 Å². The monoisotopic (exact) mass is 510 g/mol. The number of halogens is 2. The first-order valence-electron chi connectivity index (χ1n) is 8.93. The standard InChI is InChI=1S/C20H20Br2N2O4/c21-14-9-12-1-3-16(14)28-17-11-13(10-15(22)20(17)27)5-7-23-19(26)6-8-24-18(25)4-2-12/h1,3,9-11,27H,2,4-8H2,(H,23,26)(H,24,25). The molecule has 28 heavy (non-hydrogen) atoms. The molecule has 0 atom stereocenters. The second kappa shape index (κ2) is 9.43. The number of amides is 2. The molecule has 3 N–H and O–H groups in total. The highest BCUT2D eigenvalue weighted by Gasteiger charge is 2.14. The van der Waals surface area contributed by atoms with Gasteiger partial charge in [0.15, 0.2) is 11.5 Å². The Hall–Kier alpha value is -2.06. The van der Waals surface area contributed by atoms with E-state index < -0.39 is 0 Å². The molecule has 0 unspecified atom stereocenters. The number of benzene rings is 2. The molecule has 0 aliphatic carbocycles. The quantitative estimate of drug-likeness (QED) is 0.501. The predicted octanol–water partition coefficient (Wildman–Crippen LogP) is 3.82. The van der Waals surface area contributed by atoms with Crippen LogP contribution in [0.2, 0.25) is 0 Å². The molecule has 4 bridgehead atoms. The summed E-state index contributed by atoms with van der Waals surface area (Å²) in [5, 5.41) is 15.9. The maximum Gasteiger partial charge on any atom is 0.221 e. The van der Waals surface area contributed by atoms with E-state index in [1.807, 2.05) is 12.1 Å². The summed E-state index contributed by atoms with van der Waals surface area (Å²) in [6.07, 6.45) is 1.72. The van der Waals surface area contributed by atoms with Crippen molar-refractivity contribution >= 4 is 43.7 Å². The van der Waals surface area contributed by atoms with Gasteiger partial charge < -0.3 is 20.5 Å². The lowest BCUT2D eigenvalue weighted by molar-refractivity contribution is -0.122. The number of carbonyl (C=O) groups is 2. The Morgan fingerprint density at radius 1 is 0.786 bits per heavy atom. The van der Waals surface area contributed by atoms with Gasteiger partial charge in [0.05, 0.1) is 8.95 Å². The van der Waals surface area contributed by atoms with E-state index in [0.717, 1.165) is 15.6 Å². The Bertz CT molecular complexity index is 902. The van der Waals surface area contributed by atoms with Crippen molar-refractivity contribution in [3.63, 3.8) is 0 Å². The van der Waals surface area contributed by atoms with Crippen molar-refractivity contribution in [3.05, 3.63) is 50.4 Å². The number of hydrogen-bond acceptors (Lipinski definition) is 4. The Labute approximate surface area is 179 Å². The fraction of sp³-hybridized carbons (Fsp3) is 0.300. The van der Waals surface area contributed by atoms with Crippen LogP contribution in [-0.2, 0) is 22.4 Å². The first-order chi connectivity index (χ1) is 13.4. The van der Waals surface area contributed by atoms with E-state index in [0.29, 0.717) is 48.3 Å². The number of hydrogen-bond donors (Lipinski definition) is 3. The maximum atomic E-state index is 11.9. The molecule has 2 aromatic rings. The second-order valence-corrected chi connectivity index (χ2v) is 8.20. The molecule has 4 rings (SSSR count). The fourth-order valence-corrected chi connectivity index (χ4v) is 3.84. The van der Waals surface area contributed by atoms with Crippen LogP contribution in [0.4, 0.5) is 0 Å².